The van der Waals surface area contributed by atoms with Crippen LogP contribution < -0.4 is 10.2 Å². The molecule has 1 aromatic carbocycles. The van der Waals surface area contributed by atoms with Crippen LogP contribution in [0.4, 0.5) is 10.1 Å². The van der Waals surface area contributed by atoms with Crippen LogP contribution in [0.15, 0.2) is 24.3 Å². The Morgan fingerprint density at radius 1 is 1.26 bits per heavy atom. The Morgan fingerprint density at radius 3 is 2.68 bits per heavy atom. The van der Waals surface area contributed by atoms with Gasteiger partial charge in [-0.1, -0.05) is 12.1 Å². The molecule has 4 heteroatoms. The van der Waals surface area contributed by atoms with Crippen LogP contribution in [0, 0.1) is 5.82 Å². The quantitative estimate of drug-likeness (QED) is 0.697. The molecule has 3 nitrogen and oxygen atoms in total. The number of nitrogens with one attached hydrogen (secondary N) is 1. The van der Waals surface area contributed by atoms with Gasteiger partial charge in [0, 0.05) is 26.7 Å². The summed E-state index contributed by atoms with van der Waals surface area (Å²) in [5.41, 5.74) is 0.646. The third-order valence-corrected chi connectivity index (χ3v) is 2.84. The minimum Gasteiger partial charge on any atom is -0.379 e. The van der Waals surface area contributed by atoms with Gasteiger partial charge in [0.15, 0.2) is 0 Å². The standard InChI is InChI=1S/C15H25FN2O/c1-13(2)19-12-6-9-17-10-11-18(3)15-8-5-4-7-14(15)16/h4-5,7-8,13,17H,6,9-12H2,1-3H3. The molecule has 0 bridgehead atoms. The minimum absolute atomic E-state index is 0.171. The van der Waals surface area contributed by atoms with E-state index in [-0.39, 0.29) is 5.82 Å². The zero-order valence-electron chi connectivity index (χ0n) is 12.2. The van der Waals surface area contributed by atoms with Gasteiger partial charge >= 0.3 is 0 Å². The molecule has 0 saturated carbocycles. The number of rotatable bonds is 9. The second-order valence-electron chi connectivity index (χ2n) is 4.90. The molecule has 0 spiro atoms. The Kier molecular flexibility index (Phi) is 7.45. The average Bonchev–Trinajstić information content (AvgIpc) is 2.37. The van der Waals surface area contributed by atoms with Crippen molar-refractivity contribution in [1.82, 2.24) is 5.32 Å². The van der Waals surface area contributed by atoms with Crippen LogP contribution in [0.2, 0.25) is 0 Å². The fourth-order valence-electron chi connectivity index (χ4n) is 1.77. The van der Waals surface area contributed by atoms with Gasteiger partial charge in [-0.25, -0.2) is 4.39 Å². The lowest BCUT2D eigenvalue weighted by Gasteiger charge is -2.20. The number of benzene rings is 1. The van der Waals surface area contributed by atoms with Crippen molar-refractivity contribution in [3.8, 4) is 0 Å². The van der Waals surface area contributed by atoms with Crippen molar-refractivity contribution in [3.63, 3.8) is 0 Å². The smallest absolute Gasteiger partial charge is 0.146 e. The summed E-state index contributed by atoms with van der Waals surface area (Å²) < 4.78 is 19.0. The Balaban J connectivity index is 2.11. The number of hydrogen-bond donors (Lipinski definition) is 1. The van der Waals surface area contributed by atoms with E-state index in [0.29, 0.717) is 11.8 Å². The van der Waals surface area contributed by atoms with Crippen molar-refractivity contribution in [3.05, 3.63) is 30.1 Å². The minimum atomic E-state index is -0.171. The van der Waals surface area contributed by atoms with Crippen molar-refractivity contribution < 1.29 is 9.13 Å². The highest BCUT2D eigenvalue weighted by molar-refractivity contribution is 5.46. The summed E-state index contributed by atoms with van der Waals surface area (Å²) in [6, 6.07) is 6.85. The fourth-order valence-corrected chi connectivity index (χ4v) is 1.77. The monoisotopic (exact) mass is 268 g/mol. The second-order valence-corrected chi connectivity index (χ2v) is 4.90. The molecule has 0 aromatic heterocycles. The van der Waals surface area contributed by atoms with Crippen LogP contribution in [0.1, 0.15) is 20.3 Å². The van der Waals surface area contributed by atoms with Crippen LogP contribution in [0.25, 0.3) is 0 Å². The van der Waals surface area contributed by atoms with Gasteiger partial charge in [0.2, 0.25) is 0 Å². The number of halogens is 1. The number of likely N-dealkylation sites (N-methyl/N-ethyl adjacent to an activating group) is 1. The van der Waals surface area contributed by atoms with Gasteiger partial charge in [0.05, 0.1) is 11.8 Å². The first-order valence-corrected chi connectivity index (χ1v) is 6.89. The molecule has 0 unspecified atom stereocenters. The number of ether oxygens (including phenoxy) is 1. The maximum absolute atomic E-state index is 13.5. The summed E-state index contributed by atoms with van der Waals surface area (Å²) in [6.07, 6.45) is 1.30. The summed E-state index contributed by atoms with van der Waals surface area (Å²) in [5, 5.41) is 3.34. The Labute approximate surface area is 115 Å². The summed E-state index contributed by atoms with van der Waals surface area (Å²) in [6.45, 7) is 7.41. The van der Waals surface area contributed by atoms with Crippen LogP contribution >= 0.6 is 0 Å². The van der Waals surface area contributed by atoms with Gasteiger partial charge in [-0.05, 0) is 38.9 Å². The number of hydrogen-bond acceptors (Lipinski definition) is 3. The molecule has 1 aromatic rings. The lowest BCUT2D eigenvalue weighted by atomic mass is 10.3. The molecule has 0 radical (unpaired) electrons. The van der Waals surface area contributed by atoms with E-state index in [1.165, 1.54) is 6.07 Å². The van der Waals surface area contributed by atoms with E-state index in [1.807, 2.05) is 31.9 Å². The van der Waals surface area contributed by atoms with E-state index in [0.717, 1.165) is 32.7 Å². The topological polar surface area (TPSA) is 24.5 Å². The summed E-state index contributed by atoms with van der Waals surface area (Å²) in [4.78, 5) is 1.92. The molecule has 1 rings (SSSR count). The molecule has 0 heterocycles. The molecule has 0 amide bonds. The lowest BCUT2D eigenvalue weighted by molar-refractivity contribution is 0.0771. The normalized spacial score (nSPS) is 11.0. The Morgan fingerprint density at radius 2 is 2.00 bits per heavy atom. The third kappa shape index (κ3) is 6.55. The molecule has 19 heavy (non-hydrogen) atoms. The zero-order valence-corrected chi connectivity index (χ0v) is 12.2. The maximum atomic E-state index is 13.5. The van der Waals surface area contributed by atoms with Crippen molar-refractivity contribution in [1.29, 1.82) is 0 Å². The van der Waals surface area contributed by atoms with Gasteiger partial charge in [-0.2, -0.15) is 0 Å². The predicted molar refractivity (Wildman–Crippen MR) is 78.2 cm³/mol. The van der Waals surface area contributed by atoms with Crippen LogP contribution in [0.3, 0.4) is 0 Å². The first-order valence-electron chi connectivity index (χ1n) is 6.89. The molecule has 0 aliphatic carbocycles. The highest BCUT2D eigenvalue weighted by atomic mass is 19.1. The van der Waals surface area contributed by atoms with E-state index >= 15 is 0 Å². The molecule has 0 saturated heterocycles. The molecule has 0 aliphatic rings. The van der Waals surface area contributed by atoms with Gasteiger partial charge in [-0.15, -0.1) is 0 Å². The van der Waals surface area contributed by atoms with E-state index in [1.54, 1.807) is 12.1 Å². The largest absolute Gasteiger partial charge is 0.379 e. The molecular weight excluding hydrogens is 243 g/mol. The Bertz CT molecular complexity index is 358. The average molecular weight is 268 g/mol. The van der Waals surface area contributed by atoms with E-state index < -0.39 is 0 Å². The van der Waals surface area contributed by atoms with Crippen LogP contribution in [-0.2, 0) is 4.74 Å². The Hall–Kier alpha value is -1.13. The number of para-hydroxylation sites is 1. The molecular formula is C15H25FN2O. The summed E-state index contributed by atoms with van der Waals surface area (Å²) >= 11 is 0. The van der Waals surface area contributed by atoms with Crippen LogP contribution in [0.5, 0.6) is 0 Å². The highest BCUT2D eigenvalue weighted by Crippen LogP contribution is 2.16. The first-order chi connectivity index (χ1) is 9.11. The molecule has 0 atom stereocenters. The van der Waals surface area contributed by atoms with Crippen molar-refractivity contribution in [2.45, 2.75) is 26.4 Å². The highest BCUT2D eigenvalue weighted by Gasteiger charge is 2.05. The van der Waals surface area contributed by atoms with E-state index in [4.69, 9.17) is 4.74 Å². The number of anilines is 1. The number of nitrogens with zero attached hydrogens (tertiary/aromatic N) is 1. The van der Waals surface area contributed by atoms with Crippen LogP contribution in [-0.4, -0.2) is 39.4 Å². The molecule has 0 fully saturated rings. The molecule has 1 N–H and O–H groups in total. The van der Waals surface area contributed by atoms with Crippen molar-refractivity contribution in [2.75, 3.05) is 38.2 Å². The zero-order chi connectivity index (χ0) is 14.1. The second kappa shape index (κ2) is 8.88. The third-order valence-electron chi connectivity index (χ3n) is 2.84. The van der Waals surface area contributed by atoms with Crippen molar-refractivity contribution >= 4 is 5.69 Å². The predicted octanol–water partition coefficient (Wildman–Crippen LogP) is 2.67. The fraction of sp³-hybridized carbons (Fsp3) is 0.600. The van der Waals surface area contributed by atoms with Gasteiger partial charge < -0.3 is 15.0 Å². The van der Waals surface area contributed by atoms with Crippen molar-refractivity contribution in [2.24, 2.45) is 0 Å². The summed E-state index contributed by atoms with van der Waals surface area (Å²) in [7, 11) is 1.90. The summed E-state index contributed by atoms with van der Waals surface area (Å²) in [5.74, 6) is -0.171. The lowest BCUT2D eigenvalue weighted by Crippen LogP contribution is -2.30. The van der Waals surface area contributed by atoms with Gasteiger partial charge in [0.25, 0.3) is 0 Å². The molecule has 108 valence electrons. The SMILES string of the molecule is CC(C)OCCCNCCN(C)c1ccccc1F. The first kappa shape index (κ1) is 15.9. The van der Waals surface area contributed by atoms with Gasteiger partial charge in [0.1, 0.15) is 5.82 Å². The molecule has 0 aliphatic heterocycles. The van der Waals surface area contributed by atoms with Gasteiger partial charge in [-0.3, -0.25) is 0 Å². The maximum Gasteiger partial charge on any atom is 0.146 e. The van der Waals surface area contributed by atoms with E-state index in [9.17, 15) is 4.39 Å². The van der Waals surface area contributed by atoms with E-state index in [2.05, 4.69) is 5.32 Å².